The smallest absolute Gasteiger partial charge is 0.304 e. The molecule has 0 rings (SSSR count). The van der Waals surface area contributed by atoms with E-state index in [0.717, 1.165) is 0 Å². The molecule has 0 heterocycles. The van der Waals surface area contributed by atoms with Crippen molar-refractivity contribution in [2.75, 3.05) is 0 Å². The van der Waals surface area contributed by atoms with Crippen LogP contribution < -0.4 is 0 Å². The zero-order chi connectivity index (χ0) is 15.2. The first-order chi connectivity index (χ1) is 8.70. The van der Waals surface area contributed by atoms with Crippen LogP contribution >= 0.6 is 0 Å². The zero-order valence-electron chi connectivity index (χ0n) is 11.6. The largest absolute Gasteiger partial charge is 0.361 e. The Labute approximate surface area is 119 Å². The first-order valence-electron chi connectivity index (χ1n) is 6.11. The maximum atomic E-state index is 11.4. The Kier molecular flexibility index (Phi) is 8.52. The lowest BCUT2D eigenvalue weighted by Crippen LogP contribution is -2.40. The SMILES string of the molecule is CC(C)CC(C(=[N+]=[N-])C(CC(C)C)S(=O)O)S(=O)O. The lowest BCUT2D eigenvalue weighted by atomic mass is 9.98. The zero-order valence-corrected chi connectivity index (χ0v) is 13.3. The molecule has 0 radical (unpaired) electrons. The fourth-order valence-corrected chi connectivity index (χ4v) is 3.83. The van der Waals surface area contributed by atoms with E-state index in [1.807, 2.05) is 27.7 Å². The molecule has 0 spiro atoms. The van der Waals surface area contributed by atoms with Gasteiger partial charge in [-0.15, -0.1) is 0 Å². The molecule has 2 N–H and O–H groups in total. The Morgan fingerprint density at radius 1 is 1.00 bits per heavy atom. The average molecular weight is 310 g/mol. The summed E-state index contributed by atoms with van der Waals surface area (Å²) in [6.45, 7) is 7.45. The molecule has 0 aromatic carbocycles. The topological polar surface area (TPSA) is 111 Å². The Balaban J connectivity index is 5.38. The molecule has 0 amide bonds. The Hall–Kier alpha value is -0.400. The van der Waals surface area contributed by atoms with Crippen LogP contribution in [0.4, 0.5) is 0 Å². The predicted octanol–water partition coefficient (Wildman–Crippen LogP) is 1.93. The van der Waals surface area contributed by atoms with Crippen LogP contribution in [0.3, 0.4) is 0 Å². The molecule has 0 aromatic heterocycles. The standard InChI is InChI=1S/C11H22N2O4S2/c1-7(2)5-9(18(14)15)11(13-12)10(19(16)17)6-8(3)4/h7-10H,5-6H2,1-4H3,(H,14,15)(H,16,17). The molecule has 19 heavy (non-hydrogen) atoms. The van der Waals surface area contributed by atoms with Crippen molar-refractivity contribution in [1.82, 2.24) is 0 Å². The van der Waals surface area contributed by atoms with Crippen LogP contribution in [0.15, 0.2) is 0 Å². The fourth-order valence-electron chi connectivity index (χ4n) is 1.81. The highest BCUT2D eigenvalue weighted by atomic mass is 32.2. The van der Waals surface area contributed by atoms with Crippen LogP contribution in [0, 0.1) is 11.8 Å². The van der Waals surface area contributed by atoms with Gasteiger partial charge in [-0.3, -0.25) is 0 Å². The van der Waals surface area contributed by atoms with E-state index in [0.29, 0.717) is 12.8 Å². The van der Waals surface area contributed by atoms with Crippen LogP contribution in [-0.4, -0.2) is 38.5 Å². The second kappa shape index (κ2) is 8.71. The third kappa shape index (κ3) is 6.54. The molecule has 0 aliphatic rings. The van der Waals surface area contributed by atoms with Crippen LogP contribution in [0.5, 0.6) is 0 Å². The van der Waals surface area contributed by atoms with Crippen molar-refractivity contribution >= 4 is 27.9 Å². The molecule has 0 aliphatic carbocycles. The summed E-state index contributed by atoms with van der Waals surface area (Å²) in [6, 6.07) is 0. The van der Waals surface area contributed by atoms with Gasteiger partial charge in [0.2, 0.25) is 0 Å². The monoisotopic (exact) mass is 310 g/mol. The molecule has 4 atom stereocenters. The lowest BCUT2D eigenvalue weighted by molar-refractivity contribution is -0.0115. The second-order valence-corrected chi connectivity index (χ2v) is 7.56. The minimum absolute atomic E-state index is 0.0657. The van der Waals surface area contributed by atoms with Gasteiger partial charge in [0.1, 0.15) is 0 Å². The van der Waals surface area contributed by atoms with Gasteiger partial charge in [-0.1, -0.05) is 27.7 Å². The molecule has 0 saturated heterocycles. The lowest BCUT2D eigenvalue weighted by Gasteiger charge is -2.17. The Morgan fingerprint density at radius 3 is 1.47 bits per heavy atom. The van der Waals surface area contributed by atoms with Gasteiger partial charge in [0.05, 0.1) is 0 Å². The summed E-state index contributed by atoms with van der Waals surface area (Å²) in [6.07, 6.45) is 0.628. The van der Waals surface area contributed by atoms with E-state index in [1.54, 1.807) is 0 Å². The van der Waals surface area contributed by atoms with E-state index in [4.69, 9.17) is 5.53 Å². The molecule has 0 aromatic rings. The molecular formula is C11H22N2O4S2. The summed E-state index contributed by atoms with van der Waals surface area (Å²) in [5.41, 5.74) is 9.02. The van der Waals surface area contributed by atoms with Gasteiger partial charge < -0.3 is 14.6 Å². The molecule has 0 saturated carbocycles. The maximum Gasteiger partial charge on any atom is 0.304 e. The molecule has 112 valence electrons. The Bertz CT molecular complexity index is 362. The predicted molar refractivity (Wildman–Crippen MR) is 76.7 cm³/mol. The van der Waals surface area contributed by atoms with Gasteiger partial charge in [0.25, 0.3) is 0 Å². The second-order valence-electron chi connectivity index (χ2n) is 5.31. The van der Waals surface area contributed by atoms with Crippen molar-refractivity contribution in [2.24, 2.45) is 11.8 Å². The summed E-state index contributed by atoms with van der Waals surface area (Å²) in [5, 5.41) is -1.85. The minimum atomic E-state index is -2.24. The highest BCUT2D eigenvalue weighted by Gasteiger charge is 2.40. The number of hydrogen-bond donors (Lipinski definition) is 2. The van der Waals surface area contributed by atoms with Gasteiger partial charge in [-0.25, -0.2) is 8.42 Å². The van der Waals surface area contributed by atoms with Crippen molar-refractivity contribution in [2.45, 2.75) is 51.0 Å². The van der Waals surface area contributed by atoms with E-state index < -0.39 is 32.7 Å². The molecule has 4 unspecified atom stereocenters. The van der Waals surface area contributed by atoms with Gasteiger partial charge in [0.15, 0.2) is 32.7 Å². The van der Waals surface area contributed by atoms with Crippen molar-refractivity contribution < 1.29 is 22.3 Å². The summed E-state index contributed by atoms with van der Waals surface area (Å²) >= 11 is -4.48. The van der Waals surface area contributed by atoms with Gasteiger partial charge in [-0.2, -0.15) is 4.79 Å². The van der Waals surface area contributed by atoms with Crippen LogP contribution in [-0.2, 0) is 22.2 Å². The normalized spacial score (nSPS) is 17.9. The van der Waals surface area contributed by atoms with E-state index in [9.17, 15) is 17.5 Å². The number of nitrogens with zero attached hydrogens (tertiary/aromatic N) is 2. The first-order valence-corrected chi connectivity index (χ1v) is 8.45. The number of rotatable bonds is 8. The van der Waals surface area contributed by atoms with E-state index in [2.05, 4.69) is 4.79 Å². The maximum absolute atomic E-state index is 11.4. The van der Waals surface area contributed by atoms with E-state index >= 15 is 0 Å². The van der Waals surface area contributed by atoms with Crippen LogP contribution in [0.25, 0.3) is 5.53 Å². The average Bonchev–Trinajstić information content (AvgIpc) is 2.25. The number of hydrogen-bond acceptors (Lipinski definition) is 2. The highest BCUT2D eigenvalue weighted by Crippen LogP contribution is 2.18. The third-order valence-electron chi connectivity index (χ3n) is 2.63. The Morgan fingerprint density at radius 2 is 1.32 bits per heavy atom. The molecular weight excluding hydrogens is 288 g/mol. The molecule has 0 fully saturated rings. The van der Waals surface area contributed by atoms with Crippen molar-refractivity contribution in [3.63, 3.8) is 0 Å². The highest BCUT2D eigenvalue weighted by molar-refractivity contribution is 7.82. The fraction of sp³-hybridized carbons (Fsp3) is 0.909. The third-order valence-corrected chi connectivity index (χ3v) is 4.47. The van der Waals surface area contributed by atoms with Gasteiger partial charge in [0, 0.05) is 0 Å². The molecule has 0 bridgehead atoms. The summed E-state index contributed by atoms with van der Waals surface area (Å²) in [5.74, 6) is 0.203. The van der Waals surface area contributed by atoms with Gasteiger partial charge in [-0.05, 0) is 24.7 Å². The van der Waals surface area contributed by atoms with E-state index in [1.165, 1.54) is 0 Å². The van der Waals surface area contributed by atoms with E-state index in [-0.39, 0.29) is 17.5 Å². The van der Waals surface area contributed by atoms with Crippen LogP contribution in [0.1, 0.15) is 40.5 Å². The van der Waals surface area contributed by atoms with Crippen molar-refractivity contribution in [3.8, 4) is 0 Å². The molecule has 6 nitrogen and oxygen atoms in total. The first kappa shape index (κ1) is 18.6. The van der Waals surface area contributed by atoms with Crippen LogP contribution in [0.2, 0.25) is 0 Å². The minimum Gasteiger partial charge on any atom is -0.361 e. The van der Waals surface area contributed by atoms with Crippen molar-refractivity contribution in [3.05, 3.63) is 5.53 Å². The summed E-state index contributed by atoms with van der Waals surface area (Å²) in [4.78, 5) is 3.05. The molecule has 0 aliphatic heterocycles. The van der Waals surface area contributed by atoms with Crippen molar-refractivity contribution in [1.29, 1.82) is 0 Å². The quantitative estimate of drug-likeness (QED) is 0.309. The molecule has 8 heteroatoms. The van der Waals surface area contributed by atoms with Gasteiger partial charge >= 0.3 is 5.71 Å². The summed E-state index contributed by atoms with van der Waals surface area (Å²) < 4.78 is 41.4. The summed E-state index contributed by atoms with van der Waals surface area (Å²) in [7, 11) is 0.